The van der Waals surface area contributed by atoms with Gasteiger partial charge in [-0.1, -0.05) is 25.6 Å². The normalized spacial score (nSPS) is 9.56. The summed E-state index contributed by atoms with van der Waals surface area (Å²) in [5.41, 5.74) is 1.39. The number of benzene rings is 1. The predicted octanol–water partition coefficient (Wildman–Crippen LogP) is 2.66. The molecule has 0 aliphatic rings. The molecule has 0 radical (unpaired) electrons. The minimum atomic E-state index is -2.21. The van der Waals surface area contributed by atoms with E-state index in [9.17, 15) is 8.42 Å². The minimum absolute atomic E-state index is 0. The average Bonchev–Trinajstić information content (AvgIpc) is 2.18. The Morgan fingerprint density at radius 3 is 2.62 bits per heavy atom. The molecular weight excluding hydrogens is 290 g/mol. The first kappa shape index (κ1) is 12.9. The maximum atomic E-state index is 10.6. The third-order valence-corrected chi connectivity index (χ3v) is 3.01. The molecular formula is C11H10BrNO2S. The van der Waals surface area contributed by atoms with E-state index in [0.29, 0.717) is 10.2 Å². The zero-order valence-electron chi connectivity index (χ0n) is 7.51. The zero-order valence-corrected chi connectivity index (χ0v) is 9.92. The molecule has 5 heteroatoms. The first-order valence-electron chi connectivity index (χ1n) is 4.15. The van der Waals surface area contributed by atoms with E-state index in [1.165, 1.54) is 0 Å². The largest absolute Gasteiger partial charge is 0.240 e. The van der Waals surface area contributed by atoms with Crippen LogP contribution in [0.15, 0.2) is 34.9 Å². The molecule has 0 saturated heterocycles. The number of fused-ring (bicyclic) bond motifs is 1. The highest BCUT2D eigenvalue weighted by molar-refractivity contribution is 9.10. The lowest BCUT2D eigenvalue weighted by Gasteiger charge is -2.00. The van der Waals surface area contributed by atoms with Crippen LogP contribution in [0.25, 0.3) is 10.9 Å². The Bertz CT molecular complexity index is 642. The molecule has 1 aromatic heterocycles. The van der Waals surface area contributed by atoms with Crippen molar-refractivity contribution in [2.75, 3.05) is 0 Å². The molecule has 1 aromatic carbocycles. The van der Waals surface area contributed by atoms with Crippen LogP contribution in [-0.4, -0.2) is 18.8 Å². The molecule has 0 bridgehead atoms. The number of para-hydroxylation sites is 1. The summed E-state index contributed by atoms with van der Waals surface area (Å²) >= 11 is 3.23. The van der Waals surface area contributed by atoms with Crippen molar-refractivity contribution < 1.29 is 8.42 Å². The molecule has 2 aromatic rings. The van der Waals surface area contributed by atoms with Gasteiger partial charge < -0.3 is 0 Å². The van der Waals surface area contributed by atoms with Crippen LogP contribution in [0.4, 0.5) is 0 Å². The fourth-order valence-corrected chi connectivity index (χ4v) is 2.25. The lowest BCUT2D eigenvalue weighted by Crippen LogP contribution is -1.89. The summed E-state index contributed by atoms with van der Waals surface area (Å²) in [7, 11) is -2.21. The molecule has 1 heterocycles. The fourth-order valence-electron chi connectivity index (χ4n) is 1.30. The van der Waals surface area contributed by atoms with Crippen LogP contribution >= 0.6 is 15.9 Å². The molecule has 0 N–H and O–H groups in total. The van der Waals surface area contributed by atoms with Crippen LogP contribution < -0.4 is 0 Å². The van der Waals surface area contributed by atoms with E-state index in [1.54, 1.807) is 6.07 Å². The van der Waals surface area contributed by atoms with E-state index in [2.05, 4.69) is 20.9 Å². The van der Waals surface area contributed by atoms with Gasteiger partial charge in [0.05, 0.1) is 10.9 Å². The number of nitrogens with zero attached hydrogens (tertiary/aromatic N) is 1. The van der Waals surface area contributed by atoms with Crippen molar-refractivity contribution in [3.8, 4) is 0 Å². The van der Waals surface area contributed by atoms with Crippen LogP contribution in [0.2, 0.25) is 0 Å². The van der Waals surface area contributed by atoms with Gasteiger partial charge in [-0.2, -0.15) is 8.42 Å². The zero-order chi connectivity index (χ0) is 10.8. The Morgan fingerprint density at radius 1 is 1.25 bits per heavy atom. The number of pyridine rings is 1. The van der Waals surface area contributed by atoms with Crippen molar-refractivity contribution >= 4 is 42.5 Å². The minimum Gasteiger partial charge on any atom is -0.240 e. The van der Waals surface area contributed by atoms with Gasteiger partial charge in [-0.15, -0.1) is 0 Å². The third kappa shape index (κ3) is 2.68. The Morgan fingerprint density at radius 2 is 1.94 bits per heavy atom. The van der Waals surface area contributed by atoms with Gasteiger partial charge in [-0.05, 0) is 28.1 Å². The average molecular weight is 300 g/mol. The highest BCUT2D eigenvalue weighted by Crippen LogP contribution is 2.19. The van der Waals surface area contributed by atoms with Crippen molar-refractivity contribution in [3.05, 3.63) is 40.5 Å². The summed E-state index contributed by atoms with van der Waals surface area (Å²) in [5, 5.41) is 2.04. The number of rotatable bonds is 1. The lowest BCUT2D eigenvalue weighted by atomic mass is 10.2. The summed E-state index contributed by atoms with van der Waals surface area (Å²) in [6.45, 7) is 0. The molecule has 0 aliphatic heterocycles. The topological polar surface area (TPSA) is 47.0 Å². The first-order chi connectivity index (χ1) is 7.16. The summed E-state index contributed by atoms with van der Waals surface area (Å²) in [6, 6.07) is 9.31. The molecule has 0 unspecified atom stereocenters. The monoisotopic (exact) mass is 299 g/mol. The van der Waals surface area contributed by atoms with Gasteiger partial charge in [0.25, 0.3) is 0 Å². The van der Waals surface area contributed by atoms with E-state index >= 15 is 0 Å². The molecule has 3 nitrogen and oxygen atoms in total. The van der Waals surface area contributed by atoms with Crippen molar-refractivity contribution in [1.82, 2.24) is 4.98 Å². The van der Waals surface area contributed by atoms with Crippen LogP contribution in [-0.2, 0) is 10.3 Å². The standard InChI is InChI=1S/C10H6BrNO2S.CH4/c11-10-8(6-15(13)14)5-7-3-1-2-4-9(7)12-10;/h1-6H;1H4. The summed E-state index contributed by atoms with van der Waals surface area (Å²) < 4.78 is 21.6. The van der Waals surface area contributed by atoms with Crippen molar-refractivity contribution in [2.45, 2.75) is 7.43 Å². The fraction of sp³-hybridized carbons (Fsp3) is 0.0909. The number of halogens is 1. The molecule has 0 atom stereocenters. The second-order valence-corrected chi connectivity index (χ2v) is 4.45. The Hall–Kier alpha value is -1.20. The van der Waals surface area contributed by atoms with E-state index in [1.807, 2.05) is 24.3 Å². The maximum absolute atomic E-state index is 10.6. The van der Waals surface area contributed by atoms with Crippen LogP contribution in [0.5, 0.6) is 0 Å². The van der Waals surface area contributed by atoms with Crippen molar-refractivity contribution in [3.63, 3.8) is 0 Å². The molecule has 0 saturated carbocycles. The first-order valence-corrected chi connectivity index (χ1v) is 6.08. The molecule has 84 valence electrons. The van der Waals surface area contributed by atoms with Gasteiger partial charge in [0, 0.05) is 10.9 Å². The summed E-state index contributed by atoms with van der Waals surface area (Å²) in [6.07, 6.45) is 0. The molecule has 16 heavy (non-hydrogen) atoms. The van der Waals surface area contributed by atoms with Crippen LogP contribution in [0.1, 0.15) is 13.0 Å². The number of hydrogen-bond donors (Lipinski definition) is 0. The highest BCUT2D eigenvalue weighted by Gasteiger charge is 2.01. The summed E-state index contributed by atoms with van der Waals surface area (Å²) in [4.78, 5) is 4.24. The van der Waals surface area contributed by atoms with E-state index in [4.69, 9.17) is 0 Å². The Kier molecular flexibility index (Phi) is 4.20. The third-order valence-electron chi connectivity index (χ3n) is 1.93. The van der Waals surface area contributed by atoms with Gasteiger partial charge in [-0.25, -0.2) is 4.98 Å². The van der Waals surface area contributed by atoms with Crippen molar-refractivity contribution in [1.29, 1.82) is 0 Å². The van der Waals surface area contributed by atoms with Crippen LogP contribution in [0, 0.1) is 0 Å². The smallest absolute Gasteiger partial charge is 0.214 e. The SMILES string of the molecule is C.O=S(=O)=Cc1cc2ccccc2nc1Br. The molecule has 0 aliphatic carbocycles. The maximum Gasteiger partial charge on any atom is 0.214 e. The van der Waals surface area contributed by atoms with Gasteiger partial charge in [0.15, 0.2) is 0 Å². The Labute approximate surface area is 104 Å². The number of hydrogen-bond acceptors (Lipinski definition) is 3. The van der Waals surface area contributed by atoms with Crippen LogP contribution in [0.3, 0.4) is 0 Å². The van der Waals surface area contributed by atoms with Gasteiger partial charge >= 0.3 is 0 Å². The van der Waals surface area contributed by atoms with Gasteiger partial charge in [0.1, 0.15) is 4.60 Å². The molecule has 0 spiro atoms. The molecule has 2 rings (SSSR count). The molecule has 0 fully saturated rings. The van der Waals surface area contributed by atoms with E-state index < -0.39 is 10.3 Å². The van der Waals surface area contributed by atoms with Crippen molar-refractivity contribution in [2.24, 2.45) is 0 Å². The van der Waals surface area contributed by atoms with Gasteiger partial charge in [0.2, 0.25) is 10.3 Å². The lowest BCUT2D eigenvalue weighted by molar-refractivity contribution is 0.627. The second-order valence-electron chi connectivity index (χ2n) is 2.94. The van der Waals surface area contributed by atoms with E-state index in [-0.39, 0.29) is 7.43 Å². The summed E-state index contributed by atoms with van der Waals surface area (Å²) in [5.74, 6) is 0. The number of aromatic nitrogens is 1. The molecule has 0 amide bonds. The quantitative estimate of drug-likeness (QED) is 0.601. The highest BCUT2D eigenvalue weighted by atomic mass is 79.9. The Balaban J connectivity index is 0.00000128. The second kappa shape index (κ2) is 5.23. The van der Waals surface area contributed by atoms with Gasteiger partial charge in [-0.3, -0.25) is 0 Å². The van der Waals surface area contributed by atoms with E-state index in [0.717, 1.165) is 16.3 Å². The predicted molar refractivity (Wildman–Crippen MR) is 70.3 cm³/mol.